The van der Waals surface area contributed by atoms with Crippen molar-refractivity contribution in [2.24, 2.45) is 5.92 Å². The highest BCUT2D eigenvalue weighted by molar-refractivity contribution is 7.89. The molecule has 0 spiro atoms. The number of nitrogens with zero attached hydrogens (tertiary/aromatic N) is 1. The molecule has 1 heterocycles. The Balaban J connectivity index is 1.78. The Hall–Kier alpha value is -1.89. The van der Waals surface area contributed by atoms with E-state index in [-0.39, 0.29) is 26.9 Å². The van der Waals surface area contributed by atoms with Gasteiger partial charge >= 0.3 is 0 Å². The lowest BCUT2D eigenvalue weighted by atomic mass is 9.86. The zero-order chi connectivity index (χ0) is 23.7. The van der Waals surface area contributed by atoms with E-state index in [1.54, 1.807) is 0 Å². The molecule has 1 aliphatic heterocycles. The first-order valence-electron chi connectivity index (χ1n) is 11.1. The third-order valence-electron chi connectivity index (χ3n) is 6.19. The molecule has 2 aromatic carbocycles. The van der Waals surface area contributed by atoms with Crippen molar-refractivity contribution in [1.29, 1.82) is 0 Å². The quantitative estimate of drug-likeness (QED) is 0.615. The molecule has 1 fully saturated rings. The zero-order valence-corrected chi connectivity index (χ0v) is 21.1. The SMILES string of the molecule is CC1CCN(S(=O)(=O)c2ccc(Cl)c(C(=O)N[C@H](C)c3ccc(C(C)(C)C)cc3)c2)CC1. The molecular weight excluding hydrogens is 444 g/mol. The number of halogens is 1. The van der Waals surface area contributed by atoms with Crippen LogP contribution in [0.5, 0.6) is 0 Å². The maximum atomic E-state index is 13.1. The lowest BCUT2D eigenvalue weighted by molar-refractivity contribution is 0.0940. The van der Waals surface area contributed by atoms with Crippen LogP contribution in [-0.2, 0) is 15.4 Å². The summed E-state index contributed by atoms with van der Waals surface area (Å²) in [4.78, 5) is 13.1. The Morgan fingerprint density at radius 2 is 1.69 bits per heavy atom. The molecule has 0 unspecified atom stereocenters. The molecule has 32 heavy (non-hydrogen) atoms. The van der Waals surface area contributed by atoms with E-state index in [4.69, 9.17) is 11.6 Å². The van der Waals surface area contributed by atoms with Gasteiger partial charge in [-0.25, -0.2) is 8.42 Å². The Morgan fingerprint density at radius 3 is 2.25 bits per heavy atom. The summed E-state index contributed by atoms with van der Waals surface area (Å²) in [5, 5.41) is 3.17. The third-order valence-corrected chi connectivity index (χ3v) is 8.41. The average Bonchev–Trinajstić information content (AvgIpc) is 2.73. The molecule has 1 aliphatic rings. The summed E-state index contributed by atoms with van der Waals surface area (Å²) in [7, 11) is -3.66. The fourth-order valence-corrected chi connectivity index (χ4v) is 5.54. The van der Waals surface area contributed by atoms with Crippen molar-refractivity contribution in [3.05, 3.63) is 64.2 Å². The van der Waals surface area contributed by atoms with Crippen LogP contribution in [0.4, 0.5) is 0 Å². The zero-order valence-electron chi connectivity index (χ0n) is 19.5. The third kappa shape index (κ3) is 5.53. The summed E-state index contributed by atoms with van der Waals surface area (Å²) in [6.07, 6.45) is 1.68. The number of piperidine rings is 1. The largest absolute Gasteiger partial charge is 0.345 e. The lowest BCUT2D eigenvalue weighted by Crippen LogP contribution is -2.38. The Morgan fingerprint density at radius 1 is 1.09 bits per heavy atom. The number of hydrogen-bond acceptors (Lipinski definition) is 3. The van der Waals surface area contributed by atoms with Gasteiger partial charge in [-0.15, -0.1) is 0 Å². The van der Waals surface area contributed by atoms with Crippen LogP contribution in [0.2, 0.25) is 5.02 Å². The van der Waals surface area contributed by atoms with Gasteiger partial charge in [0, 0.05) is 13.1 Å². The van der Waals surface area contributed by atoms with E-state index < -0.39 is 15.9 Å². The molecule has 0 aromatic heterocycles. The van der Waals surface area contributed by atoms with Gasteiger partial charge in [0.05, 0.1) is 21.5 Å². The molecule has 1 saturated heterocycles. The van der Waals surface area contributed by atoms with E-state index in [9.17, 15) is 13.2 Å². The Bertz CT molecular complexity index is 1070. The standard InChI is InChI=1S/C25H33ClN2O3S/c1-17-12-14-28(15-13-17)32(30,31)21-10-11-23(26)22(16-21)24(29)27-18(2)19-6-8-20(9-7-19)25(3,4)5/h6-11,16-18H,12-15H2,1-5H3,(H,27,29)/t18-/m1/s1. The summed E-state index contributed by atoms with van der Waals surface area (Å²) in [5.74, 6) is 0.124. The van der Waals surface area contributed by atoms with Crippen LogP contribution < -0.4 is 5.32 Å². The van der Waals surface area contributed by atoms with Crippen molar-refractivity contribution in [2.75, 3.05) is 13.1 Å². The van der Waals surface area contributed by atoms with Crippen LogP contribution >= 0.6 is 11.6 Å². The van der Waals surface area contributed by atoms with Crippen molar-refractivity contribution in [2.45, 2.75) is 63.8 Å². The number of carbonyl (C=O) groups excluding carboxylic acids is 1. The van der Waals surface area contributed by atoms with Gasteiger partial charge in [-0.1, -0.05) is 63.6 Å². The van der Waals surface area contributed by atoms with Gasteiger partial charge < -0.3 is 5.32 Å². The summed E-state index contributed by atoms with van der Waals surface area (Å²) in [6.45, 7) is 11.5. The molecule has 2 aromatic rings. The topological polar surface area (TPSA) is 66.5 Å². The van der Waals surface area contributed by atoms with E-state index in [1.807, 2.05) is 19.1 Å². The van der Waals surface area contributed by atoms with Gasteiger partial charge in [-0.3, -0.25) is 4.79 Å². The highest BCUT2D eigenvalue weighted by Crippen LogP contribution is 2.28. The fourth-order valence-electron chi connectivity index (χ4n) is 3.84. The predicted molar refractivity (Wildman–Crippen MR) is 130 cm³/mol. The normalized spacial score (nSPS) is 17.2. The second-order valence-electron chi connectivity index (χ2n) is 9.80. The van der Waals surface area contributed by atoms with E-state index in [2.05, 4.69) is 45.1 Å². The Kier molecular flexibility index (Phi) is 7.38. The van der Waals surface area contributed by atoms with Crippen molar-refractivity contribution in [3.63, 3.8) is 0 Å². The van der Waals surface area contributed by atoms with Gasteiger partial charge in [-0.2, -0.15) is 4.31 Å². The van der Waals surface area contributed by atoms with Gasteiger partial charge in [0.25, 0.3) is 5.91 Å². The maximum absolute atomic E-state index is 13.1. The molecule has 1 N–H and O–H groups in total. The molecular formula is C25H33ClN2O3S. The van der Waals surface area contributed by atoms with E-state index >= 15 is 0 Å². The minimum Gasteiger partial charge on any atom is -0.345 e. The highest BCUT2D eigenvalue weighted by atomic mass is 35.5. The van der Waals surface area contributed by atoms with Crippen LogP contribution in [0.3, 0.4) is 0 Å². The van der Waals surface area contributed by atoms with Crippen molar-refractivity contribution < 1.29 is 13.2 Å². The number of nitrogens with one attached hydrogen (secondary N) is 1. The minimum absolute atomic E-state index is 0.0525. The first-order valence-corrected chi connectivity index (χ1v) is 12.9. The molecule has 0 aliphatic carbocycles. The van der Waals surface area contributed by atoms with Crippen LogP contribution in [-0.4, -0.2) is 31.7 Å². The molecule has 0 bridgehead atoms. The molecule has 0 saturated carbocycles. The molecule has 1 atom stereocenters. The van der Waals surface area contributed by atoms with E-state index in [1.165, 1.54) is 28.1 Å². The van der Waals surface area contributed by atoms with Gasteiger partial charge in [0.15, 0.2) is 0 Å². The predicted octanol–water partition coefficient (Wildman–Crippen LogP) is 5.55. The summed E-state index contributed by atoms with van der Waals surface area (Å²) < 4.78 is 27.7. The first-order chi connectivity index (χ1) is 14.9. The fraction of sp³-hybridized carbons (Fsp3) is 0.480. The minimum atomic E-state index is -3.66. The molecule has 7 heteroatoms. The van der Waals surface area contributed by atoms with Crippen LogP contribution in [0.1, 0.15) is 75.0 Å². The summed E-state index contributed by atoms with van der Waals surface area (Å²) >= 11 is 6.28. The number of sulfonamides is 1. The van der Waals surface area contributed by atoms with Gasteiger partial charge in [-0.05, 0) is 60.4 Å². The monoisotopic (exact) mass is 476 g/mol. The maximum Gasteiger partial charge on any atom is 0.253 e. The van der Waals surface area contributed by atoms with Crippen LogP contribution in [0.15, 0.2) is 47.4 Å². The lowest BCUT2D eigenvalue weighted by Gasteiger charge is -2.29. The molecule has 174 valence electrons. The molecule has 0 radical (unpaired) electrons. The summed E-state index contributed by atoms with van der Waals surface area (Å²) in [6, 6.07) is 12.2. The van der Waals surface area contributed by atoms with Crippen molar-refractivity contribution in [1.82, 2.24) is 9.62 Å². The van der Waals surface area contributed by atoms with Crippen LogP contribution in [0, 0.1) is 5.92 Å². The number of carbonyl (C=O) groups is 1. The van der Waals surface area contributed by atoms with Crippen molar-refractivity contribution >= 4 is 27.5 Å². The van der Waals surface area contributed by atoms with Gasteiger partial charge in [0.2, 0.25) is 10.0 Å². The number of benzene rings is 2. The Labute approximate surface area is 197 Å². The number of rotatable bonds is 5. The second kappa shape index (κ2) is 9.54. The van der Waals surface area contributed by atoms with E-state index in [0.29, 0.717) is 19.0 Å². The van der Waals surface area contributed by atoms with Crippen LogP contribution in [0.25, 0.3) is 0 Å². The van der Waals surface area contributed by atoms with Gasteiger partial charge in [0.1, 0.15) is 0 Å². The smallest absolute Gasteiger partial charge is 0.253 e. The molecule has 5 nitrogen and oxygen atoms in total. The second-order valence-corrected chi connectivity index (χ2v) is 12.1. The molecule has 3 rings (SSSR count). The van der Waals surface area contributed by atoms with Crippen molar-refractivity contribution in [3.8, 4) is 0 Å². The molecule has 1 amide bonds. The average molecular weight is 477 g/mol. The first kappa shape index (κ1) is 24.7. The summed E-state index contributed by atoms with van der Waals surface area (Å²) in [5.41, 5.74) is 2.40. The highest BCUT2D eigenvalue weighted by Gasteiger charge is 2.29. The van der Waals surface area contributed by atoms with E-state index in [0.717, 1.165) is 18.4 Å². The number of hydrogen-bond donors (Lipinski definition) is 1. The number of amides is 1.